The van der Waals surface area contributed by atoms with Gasteiger partial charge >= 0.3 is 0 Å². The molecule has 0 spiro atoms. The van der Waals surface area contributed by atoms with Crippen LogP contribution in [-0.4, -0.2) is 70.9 Å². The van der Waals surface area contributed by atoms with E-state index in [2.05, 4.69) is 33.3 Å². The molecule has 3 heterocycles. The molecule has 194 valence electrons. The summed E-state index contributed by atoms with van der Waals surface area (Å²) >= 11 is 6.55. The predicted octanol–water partition coefficient (Wildman–Crippen LogP) is 4.00. The minimum atomic E-state index is -0.296. The van der Waals surface area contributed by atoms with Crippen LogP contribution in [0.3, 0.4) is 0 Å². The van der Waals surface area contributed by atoms with E-state index in [9.17, 15) is 9.90 Å². The number of nitrogens with zero attached hydrogens (tertiary/aromatic N) is 4. The lowest BCUT2D eigenvalue weighted by molar-refractivity contribution is 0.0724. The molecule has 37 heavy (non-hydrogen) atoms. The number of fused-ring (bicyclic) bond motifs is 1. The maximum atomic E-state index is 13.1. The third-order valence-electron chi connectivity index (χ3n) is 7.37. The Bertz CT molecular complexity index is 1340. The normalized spacial score (nSPS) is 20.7. The molecule has 1 aromatic carbocycles. The number of amides is 1. The molecule has 2 N–H and O–H groups in total. The first kappa shape index (κ1) is 25.4. The number of rotatable bonds is 7. The van der Waals surface area contributed by atoms with E-state index < -0.39 is 0 Å². The minimum Gasteiger partial charge on any atom is -0.495 e. The summed E-state index contributed by atoms with van der Waals surface area (Å²) in [4.78, 5) is 28.5. The molecule has 2 unspecified atom stereocenters. The van der Waals surface area contributed by atoms with Gasteiger partial charge in [0.15, 0.2) is 0 Å². The number of aliphatic hydroxyl groups excluding tert-OH is 1. The number of carbonyl (C=O) groups excluding carboxylic acids is 1. The number of pyridine rings is 1. The Hall–Kier alpha value is -3.27. The number of aryl methyl sites for hydroxylation is 1. The van der Waals surface area contributed by atoms with Crippen molar-refractivity contribution in [1.82, 2.24) is 19.9 Å². The van der Waals surface area contributed by atoms with E-state index in [1.807, 2.05) is 6.07 Å². The zero-order valence-electron chi connectivity index (χ0n) is 21.1. The molecule has 1 saturated heterocycles. The first-order valence-corrected chi connectivity index (χ1v) is 12.6. The van der Waals surface area contributed by atoms with Crippen LogP contribution in [0.1, 0.15) is 41.4 Å². The summed E-state index contributed by atoms with van der Waals surface area (Å²) in [6.45, 7) is 3.28. The van der Waals surface area contributed by atoms with E-state index >= 15 is 0 Å². The quantitative estimate of drug-likeness (QED) is 0.478. The summed E-state index contributed by atoms with van der Waals surface area (Å²) in [6, 6.07) is 7.16. The molecular weight excluding hydrogens is 494 g/mol. The number of hydrogen-bond donors (Lipinski definition) is 2. The molecule has 9 nitrogen and oxygen atoms in total. The van der Waals surface area contributed by atoms with E-state index in [1.165, 1.54) is 7.11 Å². The number of anilines is 2. The number of methoxy groups -OCH3 is 2. The zero-order chi connectivity index (χ0) is 26.2. The molecule has 0 radical (unpaired) electrons. The van der Waals surface area contributed by atoms with Gasteiger partial charge in [0.2, 0.25) is 5.95 Å². The van der Waals surface area contributed by atoms with Gasteiger partial charge in [0.25, 0.3) is 5.91 Å². The summed E-state index contributed by atoms with van der Waals surface area (Å²) in [6.07, 6.45) is 6.02. The second-order valence-corrected chi connectivity index (χ2v) is 10.2. The van der Waals surface area contributed by atoms with Crippen molar-refractivity contribution in [1.29, 1.82) is 0 Å². The molecule has 2 aromatic heterocycles. The monoisotopic (exact) mass is 523 g/mol. The lowest BCUT2D eigenvalue weighted by atomic mass is 9.85. The fourth-order valence-electron chi connectivity index (χ4n) is 5.01. The Morgan fingerprint density at radius 3 is 2.86 bits per heavy atom. The number of benzene rings is 1. The standard InChI is InChI=1S/C27H30ClN5O4/c1-27(15-34)7-4-22-19(27)10-16(13-30-22)21-5-8-29-26(31-21)32-23-12-20(28)18(11-24(23)37-3)25(35)33-9-6-17(14-33)36-2/h5,8,10-13,17,34H,4,6-7,9,14-15H2,1-3H3,(H,29,31,32). The fourth-order valence-corrected chi connectivity index (χ4v) is 5.25. The van der Waals surface area contributed by atoms with Crippen LogP contribution in [0, 0.1) is 0 Å². The Morgan fingerprint density at radius 2 is 2.14 bits per heavy atom. The average molecular weight is 524 g/mol. The number of hydrogen-bond acceptors (Lipinski definition) is 8. The lowest BCUT2D eigenvalue weighted by Gasteiger charge is -2.22. The van der Waals surface area contributed by atoms with Crippen LogP contribution in [0.15, 0.2) is 36.7 Å². The molecule has 2 aliphatic rings. The van der Waals surface area contributed by atoms with Gasteiger partial charge in [-0.05, 0) is 49.1 Å². The second-order valence-electron chi connectivity index (χ2n) is 9.76. The smallest absolute Gasteiger partial charge is 0.255 e. The van der Waals surface area contributed by atoms with Crippen LogP contribution >= 0.6 is 11.6 Å². The number of ether oxygens (including phenoxy) is 2. The highest BCUT2D eigenvalue weighted by molar-refractivity contribution is 6.34. The van der Waals surface area contributed by atoms with Crippen LogP contribution in [0.5, 0.6) is 5.75 Å². The number of carbonyl (C=O) groups is 1. The molecule has 5 rings (SSSR count). The summed E-state index contributed by atoms with van der Waals surface area (Å²) in [7, 11) is 3.18. The molecule has 1 amide bonds. The predicted molar refractivity (Wildman–Crippen MR) is 141 cm³/mol. The third kappa shape index (κ3) is 4.86. The van der Waals surface area contributed by atoms with Crippen LogP contribution < -0.4 is 10.1 Å². The zero-order valence-corrected chi connectivity index (χ0v) is 21.9. The van der Waals surface area contributed by atoms with Crippen molar-refractivity contribution in [2.45, 2.75) is 37.7 Å². The molecule has 1 aliphatic heterocycles. The number of likely N-dealkylation sites (tertiary alicyclic amines) is 1. The van der Waals surface area contributed by atoms with E-state index in [0.29, 0.717) is 46.8 Å². The Kier molecular flexibility index (Phi) is 7.02. The number of aliphatic hydroxyl groups is 1. The van der Waals surface area contributed by atoms with Gasteiger partial charge in [-0.25, -0.2) is 9.97 Å². The van der Waals surface area contributed by atoms with E-state index in [1.54, 1.807) is 36.5 Å². The topological polar surface area (TPSA) is 110 Å². The van der Waals surface area contributed by atoms with E-state index in [4.69, 9.17) is 21.1 Å². The van der Waals surface area contributed by atoms with Crippen molar-refractivity contribution in [2.24, 2.45) is 0 Å². The highest BCUT2D eigenvalue weighted by Crippen LogP contribution is 2.39. The molecule has 10 heteroatoms. The molecule has 0 saturated carbocycles. The largest absolute Gasteiger partial charge is 0.495 e. The maximum absolute atomic E-state index is 13.1. The van der Waals surface area contributed by atoms with Gasteiger partial charge in [-0.2, -0.15) is 0 Å². The second kappa shape index (κ2) is 10.2. The summed E-state index contributed by atoms with van der Waals surface area (Å²) < 4.78 is 10.9. The van der Waals surface area contributed by atoms with Crippen molar-refractivity contribution in [2.75, 3.05) is 39.2 Å². The number of halogens is 1. The molecule has 1 aliphatic carbocycles. The van der Waals surface area contributed by atoms with Crippen molar-refractivity contribution in [3.8, 4) is 17.0 Å². The maximum Gasteiger partial charge on any atom is 0.255 e. The van der Waals surface area contributed by atoms with Crippen LogP contribution in [-0.2, 0) is 16.6 Å². The Balaban J connectivity index is 1.40. The first-order valence-electron chi connectivity index (χ1n) is 12.3. The lowest BCUT2D eigenvalue weighted by Crippen LogP contribution is -2.30. The highest BCUT2D eigenvalue weighted by Gasteiger charge is 2.35. The van der Waals surface area contributed by atoms with Crippen molar-refractivity contribution in [3.05, 3.63) is 58.5 Å². The third-order valence-corrected chi connectivity index (χ3v) is 7.68. The van der Waals surface area contributed by atoms with Crippen molar-refractivity contribution < 1.29 is 19.4 Å². The highest BCUT2D eigenvalue weighted by atomic mass is 35.5. The van der Waals surface area contributed by atoms with Crippen molar-refractivity contribution in [3.63, 3.8) is 0 Å². The molecule has 2 atom stereocenters. The van der Waals surface area contributed by atoms with Gasteiger partial charge in [0, 0.05) is 49.3 Å². The van der Waals surface area contributed by atoms with E-state index in [0.717, 1.165) is 36.1 Å². The molecule has 3 aromatic rings. The van der Waals surface area contributed by atoms with Crippen LogP contribution in [0.25, 0.3) is 11.3 Å². The fraction of sp³-hybridized carbons (Fsp3) is 0.407. The SMILES string of the molecule is COc1cc(C(=O)N2CCC(OC)C2)c(Cl)cc1Nc1nccc(-c2cnc3c(c2)C(C)(CO)CC3)n1. The molecule has 0 bridgehead atoms. The van der Waals surface area contributed by atoms with E-state index in [-0.39, 0.29) is 24.0 Å². The van der Waals surface area contributed by atoms with Gasteiger partial charge in [-0.3, -0.25) is 9.78 Å². The van der Waals surface area contributed by atoms with Gasteiger partial charge < -0.3 is 24.8 Å². The number of nitrogens with one attached hydrogen (secondary N) is 1. The summed E-state index contributed by atoms with van der Waals surface area (Å²) in [5, 5.41) is 13.4. The molecular formula is C27H30ClN5O4. The van der Waals surface area contributed by atoms with Gasteiger partial charge in [0.1, 0.15) is 5.75 Å². The van der Waals surface area contributed by atoms with Gasteiger partial charge in [-0.15, -0.1) is 0 Å². The molecule has 1 fully saturated rings. The minimum absolute atomic E-state index is 0.0354. The number of aromatic nitrogens is 3. The van der Waals surface area contributed by atoms with Crippen LogP contribution in [0.4, 0.5) is 11.6 Å². The van der Waals surface area contributed by atoms with Gasteiger partial charge in [0.05, 0.1) is 41.8 Å². The summed E-state index contributed by atoms with van der Waals surface area (Å²) in [5.74, 6) is 0.632. The Labute approximate surface area is 220 Å². The average Bonchev–Trinajstić information content (AvgIpc) is 3.54. The Morgan fingerprint density at radius 1 is 1.30 bits per heavy atom. The van der Waals surface area contributed by atoms with Crippen LogP contribution in [0.2, 0.25) is 5.02 Å². The summed E-state index contributed by atoms with van der Waals surface area (Å²) in [5.41, 5.74) is 4.23. The van der Waals surface area contributed by atoms with Gasteiger partial charge in [-0.1, -0.05) is 18.5 Å². The van der Waals surface area contributed by atoms with Crippen molar-refractivity contribution >= 4 is 29.1 Å². The first-order chi connectivity index (χ1) is 17.8.